The third kappa shape index (κ3) is 3.07. The van der Waals surface area contributed by atoms with Gasteiger partial charge in [-0.2, -0.15) is 0 Å². The Balaban J connectivity index is 2.34. The van der Waals surface area contributed by atoms with E-state index in [-0.39, 0.29) is 6.09 Å². The van der Waals surface area contributed by atoms with Gasteiger partial charge in [-0.3, -0.25) is 4.90 Å². The molecule has 0 bridgehead atoms. The van der Waals surface area contributed by atoms with Crippen LogP contribution in [0.2, 0.25) is 0 Å². The largest absolute Gasteiger partial charge is 0.443 e. The van der Waals surface area contributed by atoms with Crippen LogP contribution in [0, 0.1) is 0 Å². The molecule has 0 spiro atoms. The number of amides is 1. The normalized spacial score (nSPS) is 15.1. The van der Waals surface area contributed by atoms with Crippen LogP contribution in [0.1, 0.15) is 38.3 Å². The lowest BCUT2D eigenvalue weighted by molar-refractivity contribution is 0.0577. The molecule has 0 saturated heterocycles. The van der Waals surface area contributed by atoms with E-state index in [0.29, 0.717) is 13.1 Å². The van der Waals surface area contributed by atoms with Crippen molar-refractivity contribution >= 4 is 11.8 Å². The number of rotatable bonds is 1. The van der Waals surface area contributed by atoms with Gasteiger partial charge >= 0.3 is 6.09 Å². The van der Waals surface area contributed by atoms with Gasteiger partial charge in [0.15, 0.2) is 0 Å². The Labute approximate surface area is 114 Å². The number of nitrogens with two attached hydrogens (primary N) is 1. The maximum Gasteiger partial charge on any atom is 0.414 e. The highest BCUT2D eigenvalue weighted by Crippen LogP contribution is 2.31. The molecule has 1 heterocycles. The van der Waals surface area contributed by atoms with Gasteiger partial charge in [0.1, 0.15) is 5.60 Å². The minimum absolute atomic E-state index is 0.283. The Morgan fingerprint density at radius 1 is 1.42 bits per heavy atom. The SMILES string of the molecule is CC(C)(C)OC(=O)N1CCCc2cccc(CN)c21. The summed E-state index contributed by atoms with van der Waals surface area (Å²) >= 11 is 0. The molecule has 0 aliphatic carbocycles. The topological polar surface area (TPSA) is 55.6 Å². The lowest BCUT2D eigenvalue weighted by atomic mass is 9.98. The number of nitrogens with zero attached hydrogens (tertiary/aromatic N) is 1. The van der Waals surface area contributed by atoms with Crippen molar-refractivity contribution in [3.63, 3.8) is 0 Å². The standard InChI is InChI=1S/C15H22N2O2/c1-15(2,3)19-14(18)17-9-5-8-11-6-4-7-12(10-16)13(11)17/h4,6-7H,5,8-10,16H2,1-3H3. The molecule has 1 aliphatic rings. The van der Waals surface area contributed by atoms with Crippen molar-refractivity contribution in [2.45, 2.75) is 45.8 Å². The van der Waals surface area contributed by atoms with Crippen LogP contribution < -0.4 is 10.6 Å². The van der Waals surface area contributed by atoms with Crippen LogP contribution in [0.25, 0.3) is 0 Å². The number of hydrogen-bond donors (Lipinski definition) is 1. The highest BCUT2D eigenvalue weighted by molar-refractivity contribution is 5.90. The van der Waals surface area contributed by atoms with Gasteiger partial charge in [0, 0.05) is 13.1 Å². The predicted octanol–water partition coefficient (Wildman–Crippen LogP) is 2.83. The monoisotopic (exact) mass is 262 g/mol. The maximum absolute atomic E-state index is 12.3. The number of anilines is 1. The Morgan fingerprint density at radius 2 is 2.16 bits per heavy atom. The van der Waals surface area contributed by atoms with Crippen molar-refractivity contribution in [1.82, 2.24) is 0 Å². The number of para-hydroxylation sites is 1. The number of fused-ring (bicyclic) bond motifs is 1. The molecule has 0 radical (unpaired) electrons. The smallest absolute Gasteiger partial charge is 0.414 e. The van der Waals surface area contributed by atoms with Gasteiger partial charge in [0.25, 0.3) is 0 Å². The van der Waals surface area contributed by atoms with Crippen molar-refractivity contribution in [3.05, 3.63) is 29.3 Å². The van der Waals surface area contributed by atoms with Crippen molar-refractivity contribution in [2.24, 2.45) is 5.73 Å². The number of hydrogen-bond acceptors (Lipinski definition) is 3. The average molecular weight is 262 g/mol. The van der Waals surface area contributed by atoms with Gasteiger partial charge < -0.3 is 10.5 Å². The molecule has 0 saturated carbocycles. The second-order valence-corrected chi connectivity index (χ2v) is 5.86. The molecule has 0 atom stereocenters. The molecule has 1 amide bonds. The summed E-state index contributed by atoms with van der Waals surface area (Å²) in [6.45, 7) is 6.77. The van der Waals surface area contributed by atoms with Gasteiger partial charge in [0.05, 0.1) is 5.69 Å². The number of aryl methyl sites for hydroxylation is 1. The zero-order valence-corrected chi connectivity index (χ0v) is 11.9. The summed E-state index contributed by atoms with van der Waals surface area (Å²) in [6, 6.07) is 6.03. The fraction of sp³-hybridized carbons (Fsp3) is 0.533. The second-order valence-electron chi connectivity index (χ2n) is 5.86. The van der Waals surface area contributed by atoms with E-state index in [0.717, 1.165) is 24.1 Å². The molecule has 0 unspecified atom stereocenters. The number of carbonyl (C=O) groups is 1. The van der Waals surface area contributed by atoms with Crippen LogP contribution in [0.5, 0.6) is 0 Å². The average Bonchev–Trinajstić information content (AvgIpc) is 2.35. The summed E-state index contributed by atoms with van der Waals surface area (Å²) < 4.78 is 5.48. The summed E-state index contributed by atoms with van der Waals surface area (Å²) in [5, 5.41) is 0. The maximum atomic E-state index is 12.3. The van der Waals surface area contributed by atoms with Gasteiger partial charge in [0.2, 0.25) is 0 Å². The molecule has 1 aromatic rings. The molecule has 1 aromatic carbocycles. The minimum Gasteiger partial charge on any atom is -0.443 e. The first-order valence-corrected chi connectivity index (χ1v) is 6.74. The van der Waals surface area contributed by atoms with Crippen molar-refractivity contribution in [2.75, 3.05) is 11.4 Å². The molecule has 2 rings (SSSR count). The molecule has 19 heavy (non-hydrogen) atoms. The summed E-state index contributed by atoms with van der Waals surface area (Å²) in [4.78, 5) is 14.0. The molecule has 2 N–H and O–H groups in total. The van der Waals surface area contributed by atoms with Crippen LogP contribution in [0.3, 0.4) is 0 Å². The fourth-order valence-electron chi connectivity index (χ4n) is 2.40. The third-order valence-electron chi connectivity index (χ3n) is 3.13. The van der Waals surface area contributed by atoms with E-state index >= 15 is 0 Å². The fourth-order valence-corrected chi connectivity index (χ4v) is 2.40. The van der Waals surface area contributed by atoms with Crippen molar-refractivity contribution in [3.8, 4) is 0 Å². The first kappa shape index (κ1) is 13.9. The molecule has 1 aliphatic heterocycles. The van der Waals surface area contributed by atoms with Crippen LogP contribution in [0.4, 0.5) is 10.5 Å². The van der Waals surface area contributed by atoms with E-state index in [4.69, 9.17) is 10.5 Å². The van der Waals surface area contributed by atoms with E-state index < -0.39 is 5.60 Å². The first-order chi connectivity index (χ1) is 8.92. The summed E-state index contributed by atoms with van der Waals surface area (Å²) in [7, 11) is 0. The second kappa shape index (κ2) is 5.21. The van der Waals surface area contributed by atoms with E-state index in [1.165, 1.54) is 5.56 Å². The molecule has 4 heteroatoms. The van der Waals surface area contributed by atoms with Crippen LogP contribution in [-0.2, 0) is 17.7 Å². The van der Waals surface area contributed by atoms with Crippen molar-refractivity contribution < 1.29 is 9.53 Å². The van der Waals surface area contributed by atoms with E-state index in [1.807, 2.05) is 32.9 Å². The summed E-state index contributed by atoms with van der Waals surface area (Å²) in [6.07, 6.45) is 1.66. The quantitative estimate of drug-likeness (QED) is 0.846. The van der Waals surface area contributed by atoms with Gasteiger partial charge in [-0.05, 0) is 44.7 Å². The lowest BCUT2D eigenvalue weighted by Crippen LogP contribution is -2.40. The van der Waals surface area contributed by atoms with Gasteiger partial charge in [-0.25, -0.2) is 4.79 Å². The number of carbonyl (C=O) groups excluding carboxylic acids is 1. The minimum atomic E-state index is -0.480. The Bertz CT molecular complexity index is 463. The predicted molar refractivity (Wildman–Crippen MR) is 76.2 cm³/mol. The highest BCUT2D eigenvalue weighted by Gasteiger charge is 2.28. The number of ether oxygens (including phenoxy) is 1. The van der Waals surface area contributed by atoms with Crippen LogP contribution in [-0.4, -0.2) is 18.2 Å². The zero-order chi connectivity index (χ0) is 14.0. The van der Waals surface area contributed by atoms with Gasteiger partial charge in [-0.15, -0.1) is 0 Å². The Morgan fingerprint density at radius 3 is 2.79 bits per heavy atom. The Kier molecular flexibility index (Phi) is 3.80. The van der Waals surface area contributed by atoms with Gasteiger partial charge in [-0.1, -0.05) is 18.2 Å². The van der Waals surface area contributed by atoms with Crippen LogP contribution >= 0.6 is 0 Å². The molecule has 104 valence electrons. The molecular formula is C15H22N2O2. The lowest BCUT2D eigenvalue weighted by Gasteiger charge is -2.33. The first-order valence-electron chi connectivity index (χ1n) is 6.74. The molecule has 0 aromatic heterocycles. The molecule has 0 fully saturated rings. The van der Waals surface area contributed by atoms with E-state index in [1.54, 1.807) is 4.90 Å². The van der Waals surface area contributed by atoms with E-state index in [2.05, 4.69) is 6.07 Å². The van der Waals surface area contributed by atoms with Crippen molar-refractivity contribution in [1.29, 1.82) is 0 Å². The number of benzene rings is 1. The third-order valence-corrected chi connectivity index (χ3v) is 3.13. The molecular weight excluding hydrogens is 240 g/mol. The zero-order valence-electron chi connectivity index (χ0n) is 11.9. The summed E-state index contributed by atoms with van der Waals surface area (Å²) in [5.74, 6) is 0. The van der Waals surface area contributed by atoms with Crippen LogP contribution in [0.15, 0.2) is 18.2 Å². The van der Waals surface area contributed by atoms with E-state index in [9.17, 15) is 4.79 Å². The molecule has 4 nitrogen and oxygen atoms in total. The Hall–Kier alpha value is -1.55. The highest BCUT2D eigenvalue weighted by atomic mass is 16.6. The summed E-state index contributed by atoms with van der Waals surface area (Å²) in [5.41, 5.74) is 8.44.